The van der Waals surface area contributed by atoms with Crippen molar-refractivity contribution in [3.8, 4) is 11.5 Å². The number of methoxy groups -OCH3 is 1. The van der Waals surface area contributed by atoms with Crippen LogP contribution in [0, 0.1) is 5.92 Å². The summed E-state index contributed by atoms with van der Waals surface area (Å²) < 4.78 is 10.9. The maximum absolute atomic E-state index is 12.7. The van der Waals surface area contributed by atoms with E-state index in [9.17, 15) is 4.79 Å². The molecule has 3 rings (SSSR count). The van der Waals surface area contributed by atoms with Gasteiger partial charge in [-0.25, -0.2) is 0 Å². The van der Waals surface area contributed by atoms with Gasteiger partial charge < -0.3 is 14.4 Å². The van der Waals surface area contributed by atoms with Crippen molar-refractivity contribution in [1.82, 2.24) is 4.90 Å². The van der Waals surface area contributed by atoms with Crippen LogP contribution in [0.3, 0.4) is 0 Å². The van der Waals surface area contributed by atoms with Crippen LogP contribution >= 0.6 is 0 Å². The molecule has 1 aliphatic heterocycles. The third-order valence-electron chi connectivity index (χ3n) is 5.01. The zero-order chi connectivity index (χ0) is 18.4. The lowest BCUT2D eigenvalue weighted by atomic mass is 9.90. The number of amides is 1. The summed E-state index contributed by atoms with van der Waals surface area (Å²) in [6.45, 7) is 3.45. The number of hydrogen-bond acceptors (Lipinski definition) is 3. The van der Waals surface area contributed by atoms with E-state index in [-0.39, 0.29) is 5.91 Å². The van der Waals surface area contributed by atoms with E-state index < -0.39 is 6.10 Å². The number of carbonyl (C=O) groups excluding carboxylic acids is 1. The number of carbonyl (C=O) groups is 1. The summed E-state index contributed by atoms with van der Waals surface area (Å²) in [6, 6.07) is 17.9. The predicted molar refractivity (Wildman–Crippen MR) is 103 cm³/mol. The van der Waals surface area contributed by atoms with Gasteiger partial charge in [0.05, 0.1) is 7.11 Å². The average Bonchev–Trinajstić information content (AvgIpc) is 2.69. The van der Waals surface area contributed by atoms with E-state index in [1.807, 2.05) is 36.1 Å². The molecule has 2 aromatic carbocycles. The summed E-state index contributed by atoms with van der Waals surface area (Å²) in [5.74, 6) is 2.18. The highest BCUT2D eigenvalue weighted by Crippen LogP contribution is 2.23. The van der Waals surface area contributed by atoms with Gasteiger partial charge in [-0.3, -0.25) is 4.79 Å². The van der Waals surface area contributed by atoms with Gasteiger partial charge in [0, 0.05) is 13.1 Å². The Morgan fingerprint density at radius 1 is 1.04 bits per heavy atom. The molecular weight excluding hydrogens is 326 g/mol. The van der Waals surface area contributed by atoms with Crippen LogP contribution in [0.15, 0.2) is 54.6 Å². The average molecular weight is 353 g/mol. The van der Waals surface area contributed by atoms with Gasteiger partial charge in [0.15, 0.2) is 6.10 Å². The second kappa shape index (κ2) is 8.75. The number of hydrogen-bond donors (Lipinski definition) is 0. The minimum atomic E-state index is -0.478. The van der Waals surface area contributed by atoms with Crippen molar-refractivity contribution in [2.45, 2.75) is 32.3 Å². The summed E-state index contributed by atoms with van der Waals surface area (Å²) in [5.41, 5.74) is 1.38. The highest BCUT2D eigenvalue weighted by atomic mass is 16.5. The fraction of sp³-hybridized carbons (Fsp3) is 0.409. The van der Waals surface area contributed by atoms with Crippen LogP contribution in [-0.4, -0.2) is 37.1 Å². The second-order valence-corrected chi connectivity index (χ2v) is 6.89. The molecule has 0 aliphatic carbocycles. The Labute approximate surface area is 155 Å². The number of likely N-dealkylation sites (tertiary alicyclic amines) is 1. The fourth-order valence-electron chi connectivity index (χ4n) is 3.47. The Balaban J connectivity index is 1.47. The zero-order valence-electron chi connectivity index (χ0n) is 15.6. The second-order valence-electron chi connectivity index (χ2n) is 6.89. The SMILES string of the molecule is COc1ccc(O[C@@H](C)C(=O)N2CCC(Cc3ccccc3)CC2)cc1. The molecule has 138 valence electrons. The van der Waals surface area contributed by atoms with Crippen molar-refractivity contribution >= 4 is 5.91 Å². The number of benzene rings is 2. The van der Waals surface area contributed by atoms with Gasteiger partial charge in [0.25, 0.3) is 5.91 Å². The van der Waals surface area contributed by atoms with Crippen LogP contribution in [0.25, 0.3) is 0 Å². The summed E-state index contributed by atoms with van der Waals surface area (Å²) in [7, 11) is 1.63. The number of ether oxygens (including phenoxy) is 2. The summed E-state index contributed by atoms with van der Waals surface area (Å²) in [5, 5.41) is 0. The van der Waals surface area contributed by atoms with Crippen molar-refractivity contribution in [3.05, 3.63) is 60.2 Å². The molecule has 1 fully saturated rings. The lowest BCUT2D eigenvalue weighted by Crippen LogP contribution is -2.45. The van der Waals surface area contributed by atoms with Crippen LogP contribution in [-0.2, 0) is 11.2 Å². The van der Waals surface area contributed by atoms with Crippen LogP contribution in [0.1, 0.15) is 25.3 Å². The summed E-state index contributed by atoms with van der Waals surface area (Å²) in [4.78, 5) is 14.6. The van der Waals surface area contributed by atoms with Gasteiger partial charge in [-0.15, -0.1) is 0 Å². The molecule has 0 N–H and O–H groups in total. The molecule has 2 aromatic rings. The predicted octanol–water partition coefficient (Wildman–Crippen LogP) is 3.94. The van der Waals surface area contributed by atoms with E-state index in [4.69, 9.17) is 9.47 Å². The lowest BCUT2D eigenvalue weighted by Gasteiger charge is -2.33. The number of piperidine rings is 1. The van der Waals surface area contributed by atoms with Gasteiger partial charge in [-0.05, 0) is 61.9 Å². The van der Waals surface area contributed by atoms with Crippen LogP contribution in [0.2, 0.25) is 0 Å². The first-order chi connectivity index (χ1) is 12.7. The Bertz CT molecular complexity index is 691. The number of nitrogens with zero attached hydrogens (tertiary/aromatic N) is 1. The van der Waals surface area contributed by atoms with Gasteiger partial charge in [0.1, 0.15) is 11.5 Å². The molecule has 4 heteroatoms. The molecule has 4 nitrogen and oxygen atoms in total. The molecule has 0 spiro atoms. The van der Waals surface area contributed by atoms with Crippen molar-refractivity contribution in [2.24, 2.45) is 5.92 Å². The topological polar surface area (TPSA) is 38.8 Å². The molecular formula is C22H27NO3. The highest BCUT2D eigenvalue weighted by Gasteiger charge is 2.27. The largest absolute Gasteiger partial charge is 0.497 e. The van der Waals surface area contributed by atoms with E-state index >= 15 is 0 Å². The zero-order valence-corrected chi connectivity index (χ0v) is 15.6. The maximum Gasteiger partial charge on any atom is 0.263 e. The van der Waals surface area contributed by atoms with Crippen molar-refractivity contribution in [1.29, 1.82) is 0 Å². The first-order valence-electron chi connectivity index (χ1n) is 9.29. The normalized spacial score (nSPS) is 16.2. The molecule has 1 atom stereocenters. The quantitative estimate of drug-likeness (QED) is 0.789. The molecule has 0 saturated carbocycles. The maximum atomic E-state index is 12.7. The molecule has 0 aromatic heterocycles. The minimum absolute atomic E-state index is 0.0685. The molecule has 26 heavy (non-hydrogen) atoms. The van der Waals surface area contributed by atoms with Crippen LogP contribution < -0.4 is 9.47 Å². The van der Waals surface area contributed by atoms with Gasteiger partial charge in [-0.1, -0.05) is 30.3 Å². The summed E-state index contributed by atoms with van der Waals surface area (Å²) in [6.07, 6.45) is 2.72. The van der Waals surface area contributed by atoms with Gasteiger partial charge in [0.2, 0.25) is 0 Å². The molecule has 1 aliphatic rings. The van der Waals surface area contributed by atoms with E-state index in [1.165, 1.54) is 5.56 Å². The molecule has 1 amide bonds. The molecule has 1 heterocycles. The lowest BCUT2D eigenvalue weighted by molar-refractivity contribution is -0.139. The fourth-order valence-corrected chi connectivity index (χ4v) is 3.47. The van der Waals surface area contributed by atoms with Crippen LogP contribution in [0.5, 0.6) is 11.5 Å². The molecule has 1 saturated heterocycles. The van der Waals surface area contributed by atoms with Gasteiger partial charge >= 0.3 is 0 Å². The standard InChI is InChI=1S/C22H27NO3/c1-17(26-21-10-8-20(25-2)9-11-21)22(24)23-14-12-19(13-15-23)16-18-6-4-3-5-7-18/h3-11,17,19H,12-16H2,1-2H3/t17-/m0/s1. The summed E-state index contributed by atoms with van der Waals surface area (Å²) >= 11 is 0. The highest BCUT2D eigenvalue weighted by molar-refractivity contribution is 5.81. The first-order valence-corrected chi connectivity index (χ1v) is 9.29. The first kappa shape index (κ1) is 18.3. The van der Waals surface area contributed by atoms with E-state index in [0.717, 1.165) is 38.1 Å². The minimum Gasteiger partial charge on any atom is -0.497 e. The third-order valence-corrected chi connectivity index (χ3v) is 5.01. The monoisotopic (exact) mass is 353 g/mol. The van der Waals surface area contributed by atoms with E-state index in [0.29, 0.717) is 11.7 Å². The van der Waals surface area contributed by atoms with E-state index in [1.54, 1.807) is 7.11 Å². The Morgan fingerprint density at radius 2 is 1.65 bits per heavy atom. The molecule has 0 bridgehead atoms. The molecule has 0 unspecified atom stereocenters. The van der Waals surface area contributed by atoms with Crippen LogP contribution in [0.4, 0.5) is 0 Å². The van der Waals surface area contributed by atoms with Gasteiger partial charge in [-0.2, -0.15) is 0 Å². The van der Waals surface area contributed by atoms with Crippen molar-refractivity contribution in [3.63, 3.8) is 0 Å². The molecule has 0 radical (unpaired) electrons. The Kier molecular flexibility index (Phi) is 6.16. The van der Waals surface area contributed by atoms with Crippen molar-refractivity contribution in [2.75, 3.05) is 20.2 Å². The Morgan fingerprint density at radius 3 is 2.27 bits per heavy atom. The Hall–Kier alpha value is -2.49. The number of rotatable bonds is 6. The van der Waals surface area contributed by atoms with E-state index in [2.05, 4.69) is 30.3 Å². The smallest absolute Gasteiger partial charge is 0.263 e. The third kappa shape index (κ3) is 4.78. The van der Waals surface area contributed by atoms with Crippen molar-refractivity contribution < 1.29 is 14.3 Å².